The van der Waals surface area contributed by atoms with E-state index in [-0.39, 0.29) is 5.91 Å². The summed E-state index contributed by atoms with van der Waals surface area (Å²) in [5.74, 6) is 0.984. The Kier molecular flexibility index (Phi) is 5.05. The molecule has 2 saturated carbocycles. The zero-order valence-electron chi connectivity index (χ0n) is 12.9. The first kappa shape index (κ1) is 15.7. The maximum Gasteiger partial charge on any atom is 0.235 e. The number of hydrogen-bond acceptors (Lipinski definition) is 2. The van der Waals surface area contributed by atoms with Crippen molar-refractivity contribution >= 4 is 23.1 Å². The van der Waals surface area contributed by atoms with E-state index in [9.17, 15) is 4.79 Å². The predicted octanol–water partition coefficient (Wildman–Crippen LogP) is 3.26. The number of rotatable bonds is 3. The van der Waals surface area contributed by atoms with Crippen LogP contribution in [-0.2, 0) is 4.79 Å². The molecule has 2 rings (SSSR count). The highest BCUT2D eigenvalue weighted by atomic mass is 32.1. The van der Waals surface area contributed by atoms with Gasteiger partial charge in [0.2, 0.25) is 5.91 Å². The Hall–Kier alpha value is -0.640. The lowest BCUT2D eigenvalue weighted by molar-refractivity contribution is -0.141. The average Bonchev–Trinajstić information content (AvgIpc) is 2.47. The van der Waals surface area contributed by atoms with E-state index < -0.39 is 5.41 Å². The molecule has 20 heavy (non-hydrogen) atoms. The van der Waals surface area contributed by atoms with Gasteiger partial charge in [0.05, 0.1) is 10.4 Å². The van der Waals surface area contributed by atoms with Crippen LogP contribution in [0, 0.1) is 11.3 Å². The summed E-state index contributed by atoms with van der Waals surface area (Å²) in [6.07, 6.45) is 9.71. The zero-order valence-corrected chi connectivity index (χ0v) is 13.7. The summed E-state index contributed by atoms with van der Waals surface area (Å²) in [5, 5.41) is 0. The topological polar surface area (TPSA) is 46.3 Å². The van der Waals surface area contributed by atoms with E-state index in [4.69, 9.17) is 18.0 Å². The molecule has 2 aliphatic carbocycles. The molecule has 2 fully saturated rings. The van der Waals surface area contributed by atoms with E-state index in [1.54, 1.807) is 0 Å². The summed E-state index contributed by atoms with van der Waals surface area (Å²) in [4.78, 5) is 15.4. The quantitative estimate of drug-likeness (QED) is 0.813. The lowest BCUT2D eigenvalue weighted by Crippen LogP contribution is -2.53. The van der Waals surface area contributed by atoms with Gasteiger partial charge in [-0.3, -0.25) is 4.79 Å². The molecular weight excluding hydrogens is 268 g/mol. The highest BCUT2D eigenvalue weighted by Crippen LogP contribution is 2.39. The summed E-state index contributed by atoms with van der Waals surface area (Å²) in [5.41, 5.74) is 5.43. The van der Waals surface area contributed by atoms with Crippen LogP contribution in [0.5, 0.6) is 0 Å². The van der Waals surface area contributed by atoms with Crippen molar-refractivity contribution in [3.05, 3.63) is 0 Å². The minimum atomic E-state index is -0.550. The number of thiocarbonyl (C=S) groups is 1. The number of amides is 1. The molecule has 2 N–H and O–H groups in total. The Bertz CT molecular complexity index is 369. The van der Waals surface area contributed by atoms with Crippen molar-refractivity contribution in [3.63, 3.8) is 0 Å². The monoisotopic (exact) mass is 296 g/mol. The van der Waals surface area contributed by atoms with E-state index in [1.807, 2.05) is 11.9 Å². The van der Waals surface area contributed by atoms with Crippen LogP contribution in [-0.4, -0.2) is 28.9 Å². The predicted molar refractivity (Wildman–Crippen MR) is 86.5 cm³/mol. The largest absolute Gasteiger partial charge is 0.392 e. The van der Waals surface area contributed by atoms with E-state index >= 15 is 0 Å². The molecule has 0 spiro atoms. The first-order valence-corrected chi connectivity index (χ1v) is 8.45. The molecule has 0 aromatic heterocycles. The Balaban J connectivity index is 2.09. The molecule has 0 aromatic rings. The maximum absolute atomic E-state index is 13.0. The second-order valence-electron chi connectivity index (χ2n) is 6.84. The third-order valence-electron chi connectivity index (χ3n) is 5.44. The summed E-state index contributed by atoms with van der Waals surface area (Å²) >= 11 is 5.27. The number of nitrogens with two attached hydrogens (primary N) is 1. The van der Waals surface area contributed by atoms with Gasteiger partial charge in [0.1, 0.15) is 0 Å². The third kappa shape index (κ3) is 3.00. The van der Waals surface area contributed by atoms with E-state index in [0.29, 0.717) is 11.0 Å². The van der Waals surface area contributed by atoms with E-state index in [0.717, 1.165) is 44.4 Å². The molecule has 4 heteroatoms. The molecule has 1 amide bonds. The highest BCUT2D eigenvalue weighted by molar-refractivity contribution is 7.80. The summed E-state index contributed by atoms with van der Waals surface area (Å²) < 4.78 is 0. The van der Waals surface area contributed by atoms with Crippen molar-refractivity contribution in [3.8, 4) is 0 Å². The van der Waals surface area contributed by atoms with E-state index in [2.05, 4.69) is 6.92 Å². The van der Waals surface area contributed by atoms with Gasteiger partial charge in [0.15, 0.2) is 0 Å². The van der Waals surface area contributed by atoms with Crippen LogP contribution in [0.1, 0.15) is 64.7 Å². The zero-order chi connectivity index (χ0) is 14.8. The molecular formula is C16H28N2OS. The van der Waals surface area contributed by atoms with Crippen LogP contribution in [0.3, 0.4) is 0 Å². The lowest BCUT2D eigenvalue weighted by Gasteiger charge is -2.42. The molecule has 3 nitrogen and oxygen atoms in total. The Morgan fingerprint density at radius 3 is 2.20 bits per heavy atom. The molecule has 0 saturated heterocycles. The summed E-state index contributed by atoms with van der Waals surface area (Å²) in [7, 11) is 1.96. The fourth-order valence-corrected chi connectivity index (χ4v) is 4.15. The maximum atomic E-state index is 13.0. The Morgan fingerprint density at radius 2 is 1.70 bits per heavy atom. The van der Waals surface area contributed by atoms with Crippen molar-refractivity contribution in [1.82, 2.24) is 4.90 Å². The number of hydrogen-bond donors (Lipinski definition) is 1. The first-order valence-electron chi connectivity index (χ1n) is 8.04. The molecule has 114 valence electrons. The van der Waals surface area contributed by atoms with Gasteiger partial charge >= 0.3 is 0 Å². The second-order valence-corrected chi connectivity index (χ2v) is 7.28. The van der Waals surface area contributed by atoms with Gasteiger partial charge in [-0.25, -0.2) is 0 Å². The Labute approximate surface area is 128 Å². The minimum absolute atomic E-state index is 0.184. The normalized spacial score (nSPS) is 29.7. The fraction of sp³-hybridized carbons (Fsp3) is 0.875. The second kappa shape index (κ2) is 6.42. The number of carbonyl (C=O) groups is 1. The average molecular weight is 296 g/mol. The molecule has 0 bridgehead atoms. The van der Waals surface area contributed by atoms with Gasteiger partial charge in [-0.15, -0.1) is 0 Å². The molecule has 0 radical (unpaired) electrons. The van der Waals surface area contributed by atoms with Gasteiger partial charge in [0.25, 0.3) is 0 Å². The molecule has 0 heterocycles. The van der Waals surface area contributed by atoms with Crippen LogP contribution < -0.4 is 5.73 Å². The van der Waals surface area contributed by atoms with Crippen LogP contribution in [0.2, 0.25) is 0 Å². The number of carbonyl (C=O) groups excluding carboxylic acids is 1. The summed E-state index contributed by atoms with van der Waals surface area (Å²) in [6, 6.07) is 0.381. The summed E-state index contributed by atoms with van der Waals surface area (Å²) in [6.45, 7) is 2.30. The van der Waals surface area contributed by atoms with Crippen molar-refractivity contribution in [2.24, 2.45) is 17.1 Å². The standard InChI is InChI=1S/C16H28N2OS/c1-12-6-8-13(9-7-12)18(2)15(19)16(14(17)20)10-4-3-5-11-16/h12-13H,3-11H2,1-2H3,(H2,17,20). The molecule has 0 unspecified atom stereocenters. The van der Waals surface area contributed by atoms with Gasteiger partial charge in [-0.05, 0) is 44.4 Å². The molecule has 0 atom stereocenters. The van der Waals surface area contributed by atoms with Gasteiger partial charge < -0.3 is 10.6 Å². The van der Waals surface area contributed by atoms with Crippen LogP contribution in [0.25, 0.3) is 0 Å². The van der Waals surface area contributed by atoms with Crippen LogP contribution >= 0.6 is 12.2 Å². The molecule has 0 aromatic carbocycles. The van der Waals surface area contributed by atoms with E-state index in [1.165, 1.54) is 19.3 Å². The smallest absolute Gasteiger partial charge is 0.235 e. The SMILES string of the molecule is CC1CCC(N(C)C(=O)C2(C(N)=S)CCCCC2)CC1. The van der Waals surface area contributed by atoms with Gasteiger partial charge in [-0.2, -0.15) is 0 Å². The van der Waals surface area contributed by atoms with Crippen molar-refractivity contribution in [1.29, 1.82) is 0 Å². The van der Waals surface area contributed by atoms with Gasteiger partial charge in [0, 0.05) is 13.1 Å². The Morgan fingerprint density at radius 1 is 1.15 bits per heavy atom. The third-order valence-corrected chi connectivity index (χ3v) is 5.83. The van der Waals surface area contributed by atoms with Gasteiger partial charge in [-0.1, -0.05) is 38.4 Å². The molecule has 0 aliphatic heterocycles. The van der Waals surface area contributed by atoms with Crippen molar-refractivity contribution < 1.29 is 4.79 Å². The molecule has 2 aliphatic rings. The number of nitrogens with zero attached hydrogens (tertiary/aromatic N) is 1. The van der Waals surface area contributed by atoms with Crippen LogP contribution in [0.4, 0.5) is 0 Å². The fourth-order valence-electron chi connectivity index (χ4n) is 3.85. The lowest BCUT2D eigenvalue weighted by atomic mass is 9.72. The minimum Gasteiger partial charge on any atom is -0.392 e. The highest BCUT2D eigenvalue weighted by Gasteiger charge is 2.45. The van der Waals surface area contributed by atoms with Crippen molar-refractivity contribution in [2.75, 3.05) is 7.05 Å². The first-order chi connectivity index (χ1) is 9.47. The van der Waals surface area contributed by atoms with Crippen LogP contribution in [0.15, 0.2) is 0 Å². The van der Waals surface area contributed by atoms with Crippen molar-refractivity contribution in [2.45, 2.75) is 70.8 Å².